The van der Waals surface area contributed by atoms with Gasteiger partial charge < -0.3 is 50.0 Å². The average molecular weight is 407 g/mol. The summed E-state index contributed by atoms with van der Waals surface area (Å²) in [6.07, 6.45) is -8.90. The Kier molecular flexibility index (Phi) is 9.33. The molecule has 7 N–H and O–H groups in total. The summed E-state index contributed by atoms with van der Waals surface area (Å²) >= 11 is 3.08. The minimum absolute atomic E-state index is 0.565. The molecule has 11 heteroatoms. The molecule has 0 bridgehead atoms. The van der Waals surface area contributed by atoms with Gasteiger partial charge in [-0.15, -0.1) is 0 Å². The Labute approximate surface area is 141 Å². The van der Waals surface area contributed by atoms with Gasteiger partial charge in [0.25, 0.3) is 0 Å². The van der Waals surface area contributed by atoms with Crippen LogP contribution in [0, 0.1) is 0 Å². The zero-order valence-electron chi connectivity index (χ0n) is 12.2. The van der Waals surface area contributed by atoms with Crippen LogP contribution in [0.4, 0.5) is 0 Å². The van der Waals surface area contributed by atoms with Gasteiger partial charge >= 0.3 is 0 Å². The third-order valence-corrected chi connectivity index (χ3v) is 4.35. The molecular weight excluding hydrogens is 384 g/mol. The van der Waals surface area contributed by atoms with Crippen molar-refractivity contribution < 1.29 is 50.0 Å². The molecule has 23 heavy (non-hydrogen) atoms. The maximum atomic E-state index is 10.1. The van der Waals surface area contributed by atoms with Gasteiger partial charge in [-0.2, -0.15) is 0 Å². The molecule has 0 saturated carbocycles. The van der Waals surface area contributed by atoms with E-state index in [1.165, 1.54) is 0 Å². The largest absolute Gasteiger partial charge is 0.394 e. The minimum Gasteiger partial charge on any atom is -0.394 e. The number of aliphatic hydroxyl groups is 7. The molecule has 1 rings (SSSR count). The minimum atomic E-state index is -1.40. The van der Waals surface area contributed by atoms with Crippen LogP contribution in [0.3, 0.4) is 0 Å². The molecule has 1 fully saturated rings. The molecule has 10 nitrogen and oxygen atoms in total. The van der Waals surface area contributed by atoms with E-state index in [1.54, 1.807) is 0 Å². The maximum Gasteiger partial charge on any atom is 0.181 e. The van der Waals surface area contributed by atoms with Gasteiger partial charge in [-0.3, -0.25) is 0 Å². The van der Waals surface area contributed by atoms with Crippen LogP contribution in [0.1, 0.15) is 0 Å². The second kappa shape index (κ2) is 10.2. The van der Waals surface area contributed by atoms with Crippen LogP contribution in [0.25, 0.3) is 0 Å². The van der Waals surface area contributed by atoms with Crippen molar-refractivity contribution in [3.8, 4) is 0 Å². The molecule has 1 aliphatic rings. The van der Waals surface area contributed by atoms with Crippen molar-refractivity contribution >= 4 is 15.9 Å². The van der Waals surface area contributed by atoms with Crippen molar-refractivity contribution in [2.45, 2.75) is 47.9 Å². The van der Waals surface area contributed by atoms with Crippen molar-refractivity contribution in [3.63, 3.8) is 0 Å². The van der Waals surface area contributed by atoms with E-state index in [1.807, 2.05) is 0 Å². The standard InChI is InChI=1S/C12H23BrO10/c13-9-11(10(19)7(3-16)22-12(9)20)23-8(4-17)21-6(2-15)5(18)1-14/h5-12,14-20H,1-4H2/t5-,6?,7?,8?,9?,10-,11?,12?/m1/s1. The summed E-state index contributed by atoms with van der Waals surface area (Å²) in [5.74, 6) is 0. The Morgan fingerprint density at radius 3 is 2.17 bits per heavy atom. The van der Waals surface area contributed by atoms with E-state index in [2.05, 4.69) is 15.9 Å². The molecule has 0 aromatic carbocycles. The van der Waals surface area contributed by atoms with E-state index in [-0.39, 0.29) is 0 Å². The van der Waals surface area contributed by atoms with Crippen molar-refractivity contribution in [2.75, 3.05) is 26.4 Å². The van der Waals surface area contributed by atoms with Crippen molar-refractivity contribution in [3.05, 3.63) is 0 Å². The van der Waals surface area contributed by atoms with Crippen LogP contribution in [0.2, 0.25) is 0 Å². The third kappa shape index (κ3) is 5.54. The van der Waals surface area contributed by atoms with Gasteiger partial charge in [-0.1, -0.05) is 15.9 Å². The first-order valence-corrected chi connectivity index (χ1v) is 7.89. The number of hydrogen-bond acceptors (Lipinski definition) is 10. The average Bonchev–Trinajstić information content (AvgIpc) is 2.56. The van der Waals surface area contributed by atoms with Gasteiger partial charge in [0.05, 0.1) is 31.3 Å². The summed E-state index contributed by atoms with van der Waals surface area (Å²) in [5.41, 5.74) is 0. The molecule has 138 valence electrons. The van der Waals surface area contributed by atoms with Gasteiger partial charge in [0, 0.05) is 0 Å². The number of alkyl halides is 1. The lowest BCUT2D eigenvalue weighted by atomic mass is 10.0. The van der Waals surface area contributed by atoms with E-state index in [9.17, 15) is 20.4 Å². The first kappa shape index (κ1) is 21.1. The monoisotopic (exact) mass is 406 g/mol. The van der Waals surface area contributed by atoms with Gasteiger partial charge in [0.15, 0.2) is 12.6 Å². The van der Waals surface area contributed by atoms with Crippen LogP contribution >= 0.6 is 15.9 Å². The molecule has 0 amide bonds. The molecule has 0 aliphatic carbocycles. The highest BCUT2D eigenvalue weighted by atomic mass is 79.9. The summed E-state index contributed by atoms with van der Waals surface area (Å²) in [5, 5.41) is 65.7. The van der Waals surface area contributed by atoms with Crippen molar-refractivity contribution in [1.82, 2.24) is 0 Å². The van der Waals surface area contributed by atoms with E-state index in [0.717, 1.165) is 0 Å². The van der Waals surface area contributed by atoms with Crippen molar-refractivity contribution in [2.24, 2.45) is 0 Å². The lowest BCUT2D eigenvalue weighted by molar-refractivity contribution is -0.290. The fourth-order valence-corrected chi connectivity index (χ4v) is 2.63. The Hall–Kier alpha value is 0.0800. The van der Waals surface area contributed by atoms with Crippen LogP contribution in [-0.4, -0.2) is 110 Å². The molecule has 6 unspecified atom stereocenters. The van der Waals surface area contributed by atoms with E-state index >= 15 is 0 Å². The number of hydrogen-bond donors (Lipinski definition) is 7. The fourth-order valence-electron chi connectivity index (χ4n) is 2.06. The summed E-state index contributed by atoms with van der Waals surface area (Å²) < 4.78 is 15.5. The summed E-state index contributed by atoms with van der Waals surface area (Å²) in [6.45, 7) is -2.56. The molecule has 8 atom stereocenters. The predicted molar refractivity (Wildman–Crippen MR) is 77.5 cm³/mol. The topological polar surface area (TPSA) is 169 Å². The molecular formula is C12H23BrO10. The Balaban J connectivity index is 2.75. The first-order chi connectivity index (χ1) is 10.9. The highest BCUT2D eigenvalue weighted by Crippen LogP contribution is 2.28. The molecule has 1 aliphatic heterocycles. The Morgan fingerprint density at radius 2 is 1.70 bits per heavy atom. The van der Waals surface area contributed by atoms with Crippen LogP contribution in [0.15, 0.2) is 0 Å². The number of aliphatic hydroxyl groups excluding tert-OH is 7. The van der Waals surface area contributed by atoms with Crippen LogP contribution < -0.4 is 0 Å². The molecule has 0 spiro atoms. The van der Waals surface area contributed by atoms with Gasteiger partial charge in [-0.25, -0.2) is 0 Å². The zero-order valence-corrected chi connectivity index (χ0v) is 13.8. The molecule has 0 radical (unpaired) electrons. The number of ether oxygens (including phenoxy) is 3. The normalized spacial score (nSPS) is 35.7. The number of rotatable bonds is 9. The first-order valence-electron chi connectivity index (χ1n) is 6.97. The third-order valence-electron chi connectivity index (χ3n) is 3.38. The van der Waals surface area contributed by atoms with Crippen LogP contribution in [0.5, 0.6) is 0 Å². The second-order valence-corrected chi connectivity index (χ2v) is 6.06. The number of halogens is 1. The smallest absolute Gasteiger partial charge is 0.181 e. The Bertz CT molecular complexity index is 335. The lowest BCUT2D eigenvalue weighted by Gasteiger charge is -2.41. The second-order valence-electron chi connectivity index (χ2n) is 5.00. The zero-order chi connectivity index (χ0) is 17.6. The van der Waals surface area contributed by atoms with Gasteiger partial charge in [0.1, 0.15) is 30.5 Å². The molecule has 0 aromatic heterocycles. The lowest BCUT2D eigenvalue weighted by Crippen LogP contribution is -2.58. The van der Waals surface area contributed by atoms with Crippen molar-refractivity contribution in [1.29, 1.82) is 0 Å². The Morgan fingerprint density at radius 1 is 1.04 bits per heavy atom. The van der Waals surface area contributed by atoms with E-state index in [0.29, 0.717) is 0 Å². The quantitative estimate of drug-likeness (QED) is 0.149. The molecule has 0 aromatic rings. The molecule has 1 heterocycles. The molecule has 1 saturated heterocycles. The summed E-state index contributed by atoms with van der Waals surface area (Å²) in [7, 11) is 0. The summed E-state index contributed by atoms with van der Waals surface area (Å²) in [6, 6.07) is 0. The SMILES string of the molecule is OCC(OC1C(Br)C(O)OC(CO)[C@H]1O)OC(CO)[C@H](O)CO. The highest BCUT2D eigenvalue weighted by molar-refractivity contribution is 9.09. The summed E-state index contributed by atoms with van der Waals surface area (Å²) in [4.78, 5) is -0.881. The van der Waals surface area contributed by atoms with E-state index in [4.69, 9.17) is 29.5 Å². The van der Waals surface area contributed by atoms with Crippen LogP contribution in [-0.2, 0) is 14.2 Å². The fraction of sp³-hybridized carbons (Fsp3) is 1.00. The van der Waals surface area contributed by atoms with Gasteiger partial charge in [-0.05, 0) is 0 Å². The van der Waals surface area contributed by atoms with Gasteiger partial charge in [0.2, 0.25) is 0 Å². The highest BCUT2D eigenvalue weighted by Gasteiger charge is 2.45. The maximum absolute atomic E-state index is 10.1. The predicted octanol–water partition coefficient (Wildman–Crippen LogP) is -3.75. The van der Waals surface area contributed by atoms with E-state index < -0.39 is 74.4 Å².